The van der Waals surface area contributed by atoms with Crippen molar-refractivity contribution < 1.29 is 9.84 Å². The van der Waals surface area contributed by atoms with E-state index >= 15 is 0 Å². The molecule has 0 saturated heterocycles. The highest BCUT2D eigenvalue weighted by molar-refractivity contribution is 5.33. The third-order valence-electron chi connectivity index (χ3n) is 3.27. The Morgan fingerprint density at radius 2 is 2.16 bits per heavy atom. The zero-order valence-electron chi connectivity index (χ0n) is 11.4. The largest absolute Gasteiger partial charge is 0.496 e. The Kier molecular flexibility index (Phi) is 4.58. The highest BCUT2D eigenvalue weighted by Crippen LogP contribution is 2.20. The molecule has 0 bridgehead atoms. The van der Waals surface area contributed by atoms with E-state index in [2.05, 4.69) is 4.98 Å². The first kappa shape index (κ1) is 13.6. The van der Waals surface area contributed by atoms with Crippen molar-refractivity contribution in [2.75, 3.05) is 7.11 Å². The van der Waals surface area contributed by atoms with Gasteiger partial charge < -0.3 is 14.4 Å². The second kappa shape index (κ2) is 6.38. The lowest BCUT2D eigenvalue weighted by atomic mass is 10.0. The molecule has 1 aromatic heterocycles. The first-order chi connectivity index (χ1) is 9.20. The summed E-state index contributed by atoms with van der Waals surface area (Å²) in [4.78, 5) is 4.26. The van der Waals surface area contributed by atoms with Gasteiger partial charge in [-0.05, 0) is 18.1 Å². The van der Waals surface area contributed by atoms with E-state index in [1.165, 1.54) is 0 Å². The second-order valence-electron chi connectivity index (χ2n) is 4.66. The molecule has 0 amide bonds. The average Bonchev–Trinajstić information content (AvgIpc) is 2.82. The number of aromatic nitrogens is 2. The van der Waals surface area contributed by atoms with Gasteiger partial charge in [0.15, 0.2) is 0 Å². The van der Waals surface area contributed by atoms with Gasteiger partial charge in [-0.1, -0.05) is 18.2 Å². The lowest BCUT2D eigenvalue weighted by Crippen LogP contribution is -2.13. The number of aliphatic hydroxyl groups excluding tert-OH is 1. The number of para-hydroxylation sites is 1. The molecule has 2 aromatic rings. The van der Waals surface area contributed by atoms with Crippen molar-refractivity contribution >= 4 is 0 Å². The fourth-order valence-electron chi connectivity index (χ4n) is 2.16. The zero-order valence-corrected chi connectivity index (χ0v) is 11.4. The van der Waals surface area contributed by atoms with Crippen molar-refractivity contribution in [2.45, 2.75) is 25.4 Å². The number of aliphatic hydroxyl groups is 1. The summed E-state index contributed by atoms with van der Waals surface area (Å²) in [6.45, 7) is 0. The molecule has 0 aliphatic rings. The molecular formula is C15H20N2O2. The number of hydrogen-bond acceptors (Lipinski definition) is 3. The molecule has 2 rings (SSSR count). The molecule has 102 valence electrons. The van der Waals surface area contributed by atoms with E-state index in [9.17, 15) is 5.11 Å². The quantitative estimate of drug-likeness (QED) is 0.863. The van der Waals surface area contributed by atoms with Crippen molar-refractivity contribution in [3.8, 4) is 5.75 Å². The number of ether oxygens (including phenoxy) is 1. The van der Waals surface area contributed by atoms with Crippen LogP contribution < -0.4 is 4.74 Å². The van der Waals surface area contributed by atoms with Gasteiger partial charge in [0.25, 0.3) is 0 Å². The molecule has 1 aromatic carbocycles. The van der Waals surface area contributed by atoms with Crippen LogP contribution in [0.3, 0.4) is 0 Å². The molecule has 4 heteroatoms. The van der Waals surface area contributed by atoms with Crippen LogP contribution in [0.25, 0.3) is 0 Å². The fourth-order valence-corrected chi connectivity index (χ4v) is 2.16. The third kappa shape index (κ3) is 3.58. The summed E-state index contributed by atoms with van der Waals surface area (Å²) >= 11 is 0. The predicted octanol–water partition coefficient (Wildman–Crippen LogP) is 1.96. The minimum absolute atomic E-state index is 0.381. The number of nitrogens with zero attached hydrogens (tertiary/aromatic N) is 2. The van der Waals surface area contributed by atoms with Crippen molar-refractivity contribution in [3.63, 3.8) is 0 Å². The average molecular weight is 260 g/mol. The predicted molar refractivity (Wildman–Crippen MR) is 74.2 cm³/mol. The molecule has 1 N–H and O–H groups in total. The van der Waals surface area contributed by atoms with Gasteiger partial charge in [0.2, 0.25) is 0 Å². The Morgan fingerprint density at radius 1 is 1.37 bits per heavy atom. The van der Waals surface area contributed by atoms with Gasteiger partial charge in [0, 0.05) is 32.3 Å². The van der Waals surface area contributed by atoms with Crippen molar-refractivity contribution in [3.05, 3.63) is 48.0 Å². The summed E-state index contributed by atoms with van der Waals surface area (Å²) in [6.07, 6.45) is 5.40. The van der Waals surface area contributed by atoms with Gasteiger partial charge in [-0.3, -0.25) is 0 Å². The SMILES string of the molecule is COc1ccccc1CC(O)CCc1nccn1C. The third-order valence-corrected chi connectivity index (χ3v) is 3.27. The minimum atomic E-state index is -0.381. The molecule has 0 radical (unpaired) electrons. The minimum Gasteiger partial charge on any atom is -0.496 e. The van der Waals surface area contributed by atoms with Crippen LogP contribution in [0.15, 0.2) is 36.7 Å². The Balaban J connectivity index is 1.90. The molecule has 0 fully saturated rings. The summed E-state index contributed by atoms with van der Waals surface area (Å²) < 4.78 is 7.27. The number of rotatable bonds is 6. The van der Waals surface area contributed by atoms with E-state index in [-0.39, 0.29) is 6.10 Å². The van der Waals surface area contributed by atoms with Crippen LogP contribution in [0, 0.1) is 0 Å². The monoisotopic (exact) mass is 260 g/mol. The number of imidazole rings is 1. The summed E-state index contributed by atoms with van der Waals surface area (Å²) in [7, 11) is 3.62. The number of benzene rings is 1. The van der Waals surface area contributed by atoms with E-state index in [1.807, 2.05) is 42.1 Å². The normalized spacial score (nSPS) is 12.4. The summed E-state index contributed by atoms with van der Waals surface area (Å²) in [6, 6.07) is 7.80. The fraction of sp³-hybridized carbons (Fsp3) is 0.400. The summed E-state index contributed by atoms with van der Waals surface area (Å²) in [5.41, 5.74) is 1.04. The van der Waals surface area contributed by atoms with Crippen LogP contribution in [0.1, 0.15) is 17.8 Å². The van der Waals surface area contributed by atoms with Crippen LogP contribution in [-0.2, 0) is 19.9 Å². The van der Waals surface area contributed by atoms with Gasteiger partial charge in [-0.15, -0.1) is 0 Å². The Morgan fingerprint density at radius 3 is 2.84 bits per heavy atom. The lowest BCUT2D eigenvalue weighted by Gasteiger charge is -2.13. The van der Waals surface area contributed by atoms with Crippen molar-refractivity contribution in [1.29, 1.82) is 0 Å². The van der Waals surface area contributed by atoms with Crippen molar-refractivity contribution in [1.82, 2.24) is 9.55 Å². The highest BCUT2D eigenvalue weighted by atomic mass is 16.5. The Labute approximate surface area is 113 Å². The molecule has 0 aliphatic carbocycles. The molecular weight excluding hydrogens is 240 g/mol. The van der Waals surface area contributed by atoms with E-state index < -0.39 is 0 Å². The van der Waals surface area contributed by atoms with Gasteiger partial charge in [-0.25, -0.2) is 4.98 Å². The van der Waals surface area contributed by atoms with E-state index in [1.54, 1.807) is 13.3 Å². The standard InChI is InChI=1S/C15H20N2O2/c1-17-10-9-16-15(17)8-7-13(18)11-12-5-3-4-6-14(12)19-2/h3-6,9-10,13,18H,7-8,11H2,1-2H3. The maximum Gasteiger partial charge on any atom is 0.122 e. The number of hydrogen-bond donors (Lipinski definition) is 1. The Hall–Kier alpha value is -1.81. The Bertz CT molecular complexity index is 522. The number of aryl methyl sites for hydroxylation is 2. The first-order valence-corrected chi connectivity index (χ1v) is 6.47. The summed E-state index contributed by atoms with van der Waals surface area (Å²) in [5, 5.41) is 10.1. The van der Waals surface area contributed by atoms with Crippen LogP contribution in [0.5, 0.6) is 5.75 Å². The summed E-state index contributed by atoms with van der Waals surface area (Å²) in [5.74, 6) is 1.83. The molecule has 1 unspecified atom stereocenters. The molecule has 0 spiro atoms. The van der Waals surface area contributed by atoms with Crippen molar-refractivity contribution in [2.24, 2.45) is 7.05 Å². The van der Waals surface area contributed by atoms with Gasteiger partial charge in [0.1, 0.15) is 11.6 Å². The highest BCUT2D eigenvalue weighted by Gasteiger charge is 2.10. The van der Waals surface area contributed by atoms with E-state index in [0.717, 1.165) is 23.6 Å². The molecule has 0 saturated carbocycles. The molecule has 19 heavy (non-hydrogen) atoms. The van der Waals surface area contributed by atoms with Gasteiger partial charge in [-0.2, -0.15) is 0 Å². The van der Waals surface area contributed by atoms with Crippen LogP contribution in [-0.4, -0.2) is 27.9 Å². The maximum absolute atomic E-state index is 10.1. The molecule has 1 atom stereocenters. The van der Waals surface area contributed by atoms with Crippen LogP contribution in [0.2, 0.25) is 0 Å². The first-order valence-electron chi connectivity index (χ1n) is 6.47. The lowest BCUT2D eigenvalue weighted by molar-refractivity contribution is 0.163. The second-order valence-corrected chi connectivity index (χ2v) is 4.66. The zero-order chi connectivity index (χ0) is 13.7. The van der Waals surface area contributed by atoms with Gasteiger partial charge >= 0.3 is 0 Å². The van der Waals surface area contributed by atoms with E-state index in [0.29, 0.717) is 12.8 Å². The van der Waals surface area contributed by atoms with Crippen LogP contribution in [0.4, 0.5) is 0 Å². The van der Waals surface area contributed by atoms with Crippen LogP contribution >= 0.6 is 0 Å². The smallest absolute Gasteiger partial charge is 0.122 e. The molecule has 0 aliphatic heterocycles. The maximum atomic E-state index is 10.1. The topological polar surface area (TPSA) is 47.3 Å². The van der Waals surface area contributed by atoms with E-state index in [4.69, 9.17) is 4.74 Å². The van der Waals surface area contributed by atoms with Gasteiger partial charge in [0.05, 0.1) is 13.2 Å². The molecule has 1 heterocycles. The number of methoxy groups -OCH3 is 1. The molecule has 4 nitrogen and oxygen atoms in total.